The van der Waals surface area contributed by atoms with E-state index >= 15 is 0 Å². The first-order valence-corrected chi connectivity index (χ1v) is 11.3. The fraction of sp³-hybridized carbons (Fsp3) is 0.545. The molecular formula is C22H28FN7O2. The van der Waals surface area contributed by atoms with Gasteiger partial charge in [0.25, 0.3) is 5.88 Å². The third kappa shape index (κ3) is 3.57. The van der Waals surface area contributed by atoms with E-state index in [9.17, 15) is 14.3 Å². The SMILES string of the molecule is Nc1ccc(N2C(=O)CCCC23CCN(c2nc(N4CCCC4)nnc2O)CC3)cc1F. The van der Waals surface area contributed by atoms with Gasteiger partial charge in [0.05, 0.1) is 11.2 Å². The molecule has 0 saturated carbocycles. The van der Waals surface area contributed by atoms with Gasteiger partial charge in [0.15, 0.2) is 5.82 Å². The molecule has 9 nitrogen and oxygen atoms in total. The standard InChI is InChI=1S/C22H28FN7O2/c23-16-14-15(5-6-17(16)24)30-18(31)4-3-7-22(30)8-12-28(13-9-22)19-20(32)26-27-21(25-19)29-10-1-2-11-29/h5-6,14H,1-4,7-13,24H2,(H,26,32). The summed E-state index contributed by atoms with van der Waals surface area (Å²) in [6.07, 6.45) is 5.69. The molecule has 5 rings (SSSR count). The molecule has 32 heavy (non-hydrogen) atoms. The van der Waals surface area contributed by atoms with E-state index in [2.05, 4.69) is 20.1 Å². The molecule has 1 amide bonds. The molecular weight excluding hydrogens is 413 g/mol. The highest BCUT2D eigenvalue weighted by Crippen LogP contribution is 2.42. The first-order chi connectivity index (χ1) is 15.5. The van der Waals surface area contributed by atoms with Crippen molar-refractivity contribution in [1.29, 1.82) is 0 Å². The average Bonchev–Trinajstić information content (AvgIpc) is 3.32. The van der Waals surface area contributed by atoms with Gasteiger partial charge in [-0.15, -0.1) is 10.2 Å². The Kier molecular flexibility index (Phi) is 5.22. The van der Waals surface area contributed by atoms with Gasteiger partial charge in [-0.2, -0.15) is 4.98 Å². The summed E-state index contributed by atoms with van der Waals surface area (Å²) in [4.78, 5) is 23.4. The molecule has 3 aliphatic heterocycles. The van der Waals surface area contributed by atoms with Gasteiger partial charge in [-0.05, 0) is 56.7 Å². The van der Waals surface area contributed by atoms with Crippen molar-refractivity contribution in [2.75, 3.05) is 46.6 Å². The molecule has 10 heteroatoms. The molecule has 0 bridgehead atoms. The van der Waals surface area contributed by atoms with Crippen LogP contribution in [0.2, 0.25) is 0 Å². The third-order valence-corrected chi connectivity index (χ3v) is 7.02. The lowest BCUT2D eigenvalue weighted by atomic mass is 9.78. The molecule has 0 atom stereocenters. The van der Waals surface area contributed by atoms with Crippen LogP contribution in [-0.4, -0.2) is 57.9 Å². The lowest BCUT2D eigenvalue weighted by Gasteiger charge is -2.51. The number of rotatable bonds is 3. The number of nitrogens with two attached hydrogens (primary N) is 1. The van der Waals surface area contributed by atoms with Crippen LogP contribution in [0.25, 0.3) is 0 Å². The summed E-state index contributed by atoms with van der Waals surface area (Å²) >= 11 is 0. The number of aromatic hydroxyl groups is 1. The molecule has 1 spiro atoms. The van der Waals surface area contributed by atoms with Gasteiger partial charge in [0.2, 0.25) is 11.9 Å². The highest BCUT2D eigenvalue weighted by Gasteiger charge is 2.45. The summed E-state index contributed by atoms with van der Waals surface area (Å²) in [5.41, 5.74) is 5.89. The average molecular weight is 442 g/mol. The molecule has 1 aromatic heterocycles. The van der Waals surface area contributed by atoms with E-state index in [1.54, 1.807) is 11.0 Å². The summed E-state index contributed by atoms with van der Waals surface area (Å²) in [7, 11) is 0. The number of carbonyl (C=O) groups excluding carboxylic acids is 1. The highest BCUT2D eigenvalue weighted by molar-refractivity contribution is 5.96. The molecule has 170 valence electrons. The van der Waals surface area contributed by atoms with Crippen molar-refractivity contribution in [2.45, 2.75) is 50.5 Å². The molecule has 0 radical (unpaired) electrons. The van der Waals surface area contributed by atoms with Crippen molar-refractivity contribution in [3.63, 3.8) is 0 Å². The zero-order chi connectivity index (χ0) is 22.3. The van der Waals surface area contributed by atoms with E-state index in [0.29, 0.717) is 49.8 Å². The molecule has 3 fully saturated rings. The number of carbonyl (C=O) groups is 1. The number of halogens is 1. The second-order valence-corrected chi connectivity index (χ2v) is 8.95. The Morgan fingerprint density at radius 2 is 1.75 bits per heavy atom. The van der Waals surface area contributed by atoms with Gasteiger partial charge >= 0.3 is 0 Å². The van der Waals surface area contributed by atoms with E-state index in [1.807, 2.05) is 4.90 Å². The first-order valence-electron chi connectivity index (χ1n) is 11.3. The minimum Gasteiger partial charge on any atom is -0.490 e. The van der Waals surface area contributed by atoms with Crippen LogP contribution in [0.15, 0.2) is 18.2 Å². The summed E-state index contributed by atoms with van der Waals surface area (Å²) in [6, 6.07) is 4.59. The van der Waals surface area contributed by atoms with Gasteiger partial charge in [-0.25, -0.2) is 4.39 Å². The fourth-order valence-corrected chi connectivity index (χ4v) is 5.31. The van der Waals surface area contributed by atoms with Crippen molar-refractivity contribution in [1.82, 2.24) is 15.2 Å². The molecule has 4 heterocycles. The van der Waals surface area contributed by atoms with Crippen LogP contribution in [0.3, 0.4) is 0 Å². The second-order valence-electron chi connectivity index (χ2n) is 8.95. The van der Waals surface area contributed by atoms with Gasteiger partial charge in [0.1, 0.15) is 5.82 Å². The number of hydrogen-bond acceptors (Lipinski definition) is 8. The summed E-state index contributed by atoms with van der Waals surface area (Å²) in [5.74, 6) is 0.295. The van der Waals surface area contributed by atoms with Crippen molar-refractivity contribution in [2.24, 2.45) is 0 Å². The van der Waals surface area contributed by atoms with E-state index < -0.39 is 5.82 Å². The van der Waals surface area contributed by atoms with Gasteiger partial charge in [-0.1, -0.05) is 0 Å². The van der Waals surface area contributed by atoms with Crippen LogP contribution >= 0.6 is 0 Å². The Labute approximate surface area is 186 Å². The molecule has 0 aliphatic carbocycles. The van der Waals surface area contributed by atoms with E-state index in [4.69, 9.17) is 5.73 Å². The van der Waals surface area contributed by atoms with E-state index in [0.717, 1.165) is 38.8 Å². The largest absolute Gasteiger partial charge is 0.490 e. The second kappa shape index (κ2) is 8.07. The van der Waals surface area contributed by atoms with E-state index in [1.165, 1.54) is 12.1 Å². The number of aromatic nitrogens is 3. The Morgan fingerprint density at radius 3 is 2.47 bits per heavy atom. The predicted octanol–water partition coefficient (Wildman–Crippen LogP) is 2.45. The molecule has 0 unspecified atom stereocenters. The number of nitrogens with zero attached hydrogens (tertiary/aromatic N) is 6. The Bertz CT molecular complexity index is 1020. The van der Waals surface area contributed by atoms with Crippen LogP contribution in [0.1, 0.15) is 44.9 Å². The van der Waals surface area contributed by atoms with Crippen LogP contribution in [0.4, 0.5) is 27.5 Å². The highest BCUT2D eigenvalue weighted by atomic mass is 19.1. The Hall–Kier alpha value is -3.17. The summed E-state index contributed by atoms with van der Waals surface area (Å²) < 4.78 is 14.2. The minimum absolute atomic E-state index is 0.0109. The number of piperidine rings is 2. The number of benzene rings is 1. The number of hydrogen-bond donors (Lipinski definition) is 2. The van der Waals surface area contributed by atoms with Gasteiger partial charge < -0.3 is 25.5 Å². The maximum absolute atomic E-state index is 14.2. The van der Waals surface area contributed by atoms with Gasteiger partial charge in [0, 0.05) is 38.3 Å². The summed E-state index contributed by atoms with van der Waals surface area (Å²) in [5, 5.41) is 18.3. The quantitative estimate of drug-likeness (QED) is 0.699. The third-order valence-electron chi connectivity index (χ3n) is 7.02. The molecule has 1 aromatic carbocycles. The van der Waals surface area contributed by atoms with Crippen LogP contribution in [0, 0.1) is 5.82 Å². The number of anilines is 4. The molecule has 3 aliphatic rings. The van der Waals surface area contributed by atoms with Crippen LogP contribution in [-0.2, 0) is 4.79 Å². The first kappa shape index (κ1) is 20.7. The lowest BCUT2D eigenvalue weighted by molar-refractivity contribution is -0.121. The zero-order valence-corrected chi connectivity index (χ0v) is 18.0. The van der Waals surface area contributed by atoms with Gasteiger partial charge in [-0.3, -0.25) is 4.79 Å². The predicted molar refractivity (Wildman–Crippen MR) is 119 cm³/mol. The topological polar surface area (TPSA) is 112 Å². The van der Waals surface area contributed by atoms with Crippen LogP contribution < -0.4 is 20.4 Å². The Morgan fingerprint density at radius 1 is 1.00 bits per heavy atom. The normalized spacial score (nSPS) is 20.9. The van der Waals surface area contributed by atoms with Crippen molar-refractivity contribution in [3.05, 3.63) is 24.0 Å². The molecule has 3 saturated heterocycles. The van der Waals surface area contributed by atoms with Crippen LogP contribution in [0.5, 0.6) is 5.88 Å². The maximum Gasteiger partial charge on any atom is 0.274 e. The monoisotopic (exact) mass is 441 g/mol. The van der Waals surface area contributed by atoms with Crippen molar-refractivity contribution < 1.29 is 14.3 Å². The molecule has 3 N–H and O–H groups in total. The smallest absolute Gasteiger partial charge is 0.274 e. The minimum atomic E-state index is -0.514. The van der Waals surface area contributed by atoms with Crippen molar-refractivity contribution >= 4 is 29.0 Å². The lowest BCUT2D eigenvalue weighted by Crippen LogP contribution is -2.60. The Balaban J connectivity index is 1.39. The zero-order valence-electron chi connectivity index (χ0n) is 18.0. The van der Waals surface area contributed by atoms with Crippen molar-refractivity contribution in [3.8, 4) is 5.88 Å². The molecule has 2 aromatic rings. The maximum atomic E-state index is 14.2. The number of nitrogen functional groups attached to an aromatic ring is 1. The summed E-state index contributed by atoms with van der Waals surface area (Å²) in [6.45, 7) is 2.99. The fourth-order valence-electron chi connectivity index (χ4n) is 5.31. The number of amides is 1. The van der Waals surface area contributed by atoms with E-state index in [-0.39, 0.29) is 23.0 Å².